The van der Waals surface area contributed by atoms with E-state index in [1.165, 1.54) is 0 Å². The van der Waals surface area contributed by atoms with E-state index in [4.69, 9.17) is 18.0 Å². The number of nitrogens with one attached hydrogen (secondary N) is 2. The Bertz CT molecular complexity index is 797. The van der Waals surface area contributed by atoms with E-state index in [1.807, 2.05) is 24.3 Å². The molecule has 0 aliphatic carbocycles. The maximum atomic E-state index is 9.51. The number of hydrogen-bond acceptors (Lipinski definition) is 3. The Morgan fingerprint density at radius 3 is 2.85 bits per heavy atom. The topological polar surface area (TPSA) is 87.0 Å². The van der Waals surface area contributed by atoms with Gasteiger partial charge < -0.3 is 21.1 Å². The lowest BCUT2D eigenvalue weighted by atomic mass is 10.2. The van der Waals surface area contributed by atoms with E-state index in [0.717, 1.165) is 22.3 Å². The van der Waals surface area contributed by atoms with Crippen molar-refractivity contribution < 1.29 is 5.11 Å². The first-order valence-corrected chi connectivity index (χ1v) is 6.38. The third kappa shape index (κ3) is 2.41. The quantitative estimate of drug-likeness (QED) is 0.543. The number of nitrogens with zero attached hydrogens (tertiary/aromatic N) is 1. The molecular weight excluding hydrogens is 272 g/mol. The van der Waals surface area contributed by atoms with Crippen LogP contribution in [0.25, 0.3) is 22.4 Å². The molecule has 0 unspecified atom stereocenters. The first-order chi connectivity index (χ1) is 9.61. The molecule has 100 valence electrons. The average Bonchev–Trinajstić information content (AvgIpc) is 2.81. The minimum atomic E-state index is 0.207. The van der Waals surface area contributed by atoms with E-state index in [2.05, 4.69) is 15.3 Å². The van der Waals surface area contributed by atoms with E-state index >= 15 is 0 Å². The Kier molecular flexibility index (Phi) is 3.00. The van der Waals surface area contributed by atoms with Crippen LogP contribution in [-0.2, 0) is 0 Å². The highest BCUT2D eigenvalue weighted by molar-refractivity contribution is 7.80. The van der Waals surface area contributed by atoms with Crippen LogP contribution >= 0.6 is 12.2 Å². The summed E-state index contributed by atoms with van der Waals surface area (Å²) in [7, 11) is 0. The molecule has 0 radical (unpaired) electrons. The molecule has 0 saturated heterocycles. The van der Waals surface area contributed by atoms with Gasteiger partial charge in [0.25, 0.3) is 0 Å². The fourth-order valence-electron chi connectivity index (χ4n) is 2.02. The van der Waals surface area contributed by atoms with Gasteiger partial charge in [-0.2, -0.15) is 0 Å². The highest BCUT2D eigenvalue weighted by atomic mass is 32.1. The summed E-state index contributed by atoms with van der Waals surface area (Å²) in [5.41, 5.74) is 8.77. The minimum absolute atomic E-state index is 0.207. The summed E-state index contributed by atoms with van der Waals surface area (Å²) in [6.07, 6.45) is 0. The average molecular weight is 284 g/mol. The van der Waals surface area contributed by atoms with Gasteiger partial charge in [0.15, 0.2) is 5.11 Å². The van der Waals surface area contributed by atoms with Crippen molar-refractivity contribution >= 4 is 34.1 Å². The number of rotatable bonds is 2. The van der Waals surface area contributed by atoms with E-state index in [-0.39, 0.29) is 10.9 Å². The molecule has 0 saturated carbocycles. The molecule has 0 amide bonds. The van der Waals surface area contributed by atoms with Crippen LogP contribution in [0.5, 0.6) is 5.75 Å². The fourth-order valence-corrected chi connectivity index (χ4v) is 2.14. The SMILES string of the molecule is NC(=S)Nc1ccc2nc(-c3cccc(O)c3)[nH]c2c1. The second kappa shape index (κ2) is 4.82. The lowest BCUT2D eigenvalue weighted by Crippen LogP contribution is -2.18. The molecular formula is C14H12N4OS. The third-order valence-corrected chi connectivity index (χ3v) is 2.97. The minimum Gasteiger partial charge on any atom is -0.508 e. The van der Waals surface area contributed by atoms with E-state index < -0.39 is 0 Å². The molecule has 1 aromatic heterocycles. The monoisotopic (exact) mass is 284 g/mol. The predicted molar refractivity (Wildman–Crippen MR) is 83.6 cm³/mol. The number of anilines is 1. The summed E-state index contributed by atoms with van der Waals surface area (Å²) in [5.74, 6) is 0.905. The van der Waals surface area contributed by atoms with Gasteiger partial charge in [-0.3, -0.25) is 0 Å². The van der Waals surface area contributed by atoms with Crippen LogP contribution in [0.1, 0.15) is 0 Å². The smallest absolute Gasteiger partial charge is 0.168 e. The molecule has 0 fully saturated rings. The number of phenolic OH excluding ortho intramolecular Hbond substituents is 1. The van der Waals surface area contributed by atoms with Crippen molar-refractivity contribution in [1.29, 1.82) is 0 Å². The van der Waals surface area contributed by atoms with Gasteiger partial charge in [-0.1, -0.05) is 12.1 Å². The number of nitrogens with two attached hydrogens (primary N) is 1. The highest BCUT2D eigenvalue weighted by Gasteiger charge is 2.06. The molecule has 0 atom stereocenters. The number of aromatic hydroxyl groups is 1. The van der Waals surface area contributed by atoms with Gasteiger partial charge in [-0.25, -0.2) is 4.98 Å². The van der Waals surface area contributed by atoms with Crippen molar-refractivity contribution in [2.75, 3.05) is 5.32 Å². The maximum Gasteiger partial charge on any atom is 0.168 e. The second-order valence-corrected chi connectivity index (χ2v) is 4.80. The molecule has 0 aliphatic rings. The summed E-state index contributed by atoms with van der Waals surface area (Å²) in [6, 6.07) is 12.5. The number of aromatic nitrogens is 2. The summed E-state index contributed by atoms with van der Waals surface area (Å²) >= 11 is 4.81. The second-order valence-electron chi connectivity index (χ2n) is 4.36. The predicted octanol–water partition coefficient (Wildman–Crippen LogP) is 2.59. The zero-order chi connectivity index (χ0) is 14.1. The van der Waals surface area contributed by atoms with Gasteiger partial charge in [0.1, 0.15) is 11.6 Å². The Morgan fingerprint density at radius 1 is 1.25 bits per heavy atom. The van der Waals surface area contributed by atoms with Gasteiger partial charge in [-0.05, 0) is 42.5 Å². The van der Waals surface area contributed by atoms with Crippen molar-refractivity contribution in [3.05, 3.63) is 42.5 Å². The molecule has 6 heteroatoms. The number of aromatic amines is 1. The van der Waals surface area contributed by atoms with Crippen LogP contribution in [0.15, 0.2) is 42.5 Å². The van der Waals surface area contributed by atoms with Crippen molar-refractivity contribution in [2.45, 2.75) is 0 Å². The molecule has 5 nitrogen and oxygen atoms in total. The number of thiocarbonyl (C=S) groups is 1. The Balaban J connectivity index is 2.04. The summed E-state index contributed by atoms with van der Waals surface area (Å²) in [5, 5.41) is 12.6. The summed E-state index contributed by atoms with van der Waals surface area (Å²) in [4.78, 5) is 7.69. The van der Waals surface area contributed by atoms with Crippen LogP contribution in [0, 0.1) is 0 Å². The van der Waals surface area contributed by atoms with Crippen molar-refractivity contribution in [2.24, 2.45) is 5.73 Å². The summed E-state index contributed by atoms with van der Waals surface area (Å²) < 4.78 is 0. The third-order valence-electron chi connectivity index (χ3n) is 2.87. The molecule has 0 spiro atoms. The summed E-state index contributed by atoms with van der Waals surface area (Å²) in [6.45, 7) is 0. The molecule has 3 aromatic rings. The number of phenols is 1. The molecule has 20 heavy (non-hydrogen) atoms. The van der Waals surface area contributed by atoms with Gasteiger partial charge in [0.2, 0.25) is 0 Å². The first kappa shape index (κ1) is 12.4. The van der Waals surface area contributed by atoms with Crippen LogP contribution in [0.2, 0.25) is 0 Å². The van der Waals surface area contributed by atoms with E-state index in [0.29, 0.717) is 5.82 Å². The van der Waals surface area contributed by atoms with E-state index in [1.54, 1.807) is 18.2 Å². The molecule has 1 heterocycles. The molecule has 2 aromatic carbocycles. The number of H-pyrrole nitrogens is 1. The van der Waals surface area contributed by atoms with Crippen molar-refractivity contribution in [3.8, 4) is 17.1 Å². The lowest BCUT2D eigenvalue weighted by Gasteiger charge is -2.02. The zero-order valence-electron chi connectivity index (χ0n) is 10.4. The van der Waals surface area contributed by atoms with Gasteiger partial charge in [-0.15, -0.1) is 0 Å². The standard InChI is InChI=1S/C14H12N4OS/c15-14(20)16-9-4-5-11-12(7-9)18-13(17-11)8-2-1-3-10(19)6-8/h1-7,19H,(H,17,18)(H3,15,16,20). The Hall–Kier alpha value is -2.60. The highest BCUT2D eigenvalue weighted by Crippen LogP contribution is 2.24. The van der Waals surface area contributed by atoms with Crippen LogP contribution in [-0.4, -0.2) is 20.2 Å². The van der Waals surface area contributed by atoms with Crippen LogP contribution in [0.3, 0.4) is 0 Å². The van der Waals surface area contributed by atoms with Gasteiger partial charge >= 0.3 is 0 Å². The number of imidazole rings is 1. The zero-order valence-corrected chi connectivity index (χ0v) is 11.2. The van der Waals surface area contributed by atoms with Gasteiger partial charge in [0, 0.05) is 11.3 Å². The van der Waals surface area contributed by atoms with Gasteiger partial charge in [0.05, 0.1) is 11.0 Å². The van der Waals surface area contributed by atoms with Crippen LogP contribution < -0.4 is 11.1 Å². The number of benzene rings is 2. The molecule has 0 aliphatic heterocycles. The first-order valence-electron chi connectivity index (χ1n) is 5.97. The van der Waals surface area contributed by atoms with E-state index in [9.17, 15) is 5.11 Å². The molecule has 5 N–H and O–H groups in total. The molecule has 0 bridgehead atoms. The van der Waals surface area contributed by atoms with Crippen molar-refractivity contribution in [3.63, 3.8) is 0 Å². The van der Waals surface area contributed by atoms with Crippen LogP contribution in [0.4, 0.5) is 5.69 Å². The lowest BCUT2D eigenvalue weighted by molar-refractivity contribution is 0.475. The maximum absolute atomic E-state index is 9.51. The fraction of sp³-hybridized carbons (Fsp3) is 0. The number of hydrogen-bond donors (Lipinski definition) is 4. The Labute approximate surface area is 120 Å². The Morgan fingerprint density at radius 2 is 2.10 bits per heavy atom. The number of fused-ring (bicyclic) bond motifs is 1. The normalized spacial score (nSPS) is 10.6. The molecule has 3 rings (SSSR count). The largest absolute Gasteiger partial charge is 0.508 e. The van der Waals surface area contributed by atoms with Crippen molar-refractivity contribution in [1.82, 2.24) is 9.97 Å².